The van der Waals surface area contributed by atoms with Gasteiger partial charge in [-0.15, -0.1) is 0 Å². The standard InChI is InChI=1S/C13H27N3O/c1-2-14-5-3-6-15-7-4-13(12-15)16-8-10-17-11-9-16/h13-14H,2-12H2,1H3. The van der Waals surface area contributed by atoms with Gasteiger partial charge < -0.3 is 15.0 Å². The third kappa shape index (κ3) is 4.21. The molecule has 0 aliphatic carbocycles. The zero-order valence-electron chi connectivity index (χ0n) is 11.2. The molecule has 2 fully saturated rings. The SMILES string of the molecule is CCNCCCN1CCC(N2CCOCC2)C1. The zero-order chi connectivity index (χ0) is 11.9. The first kappa shape index (κ1) is 13.3. The molecule has 4 heteroatoms. The van der Waals surface area contributed by atoms with Gasteiger partial charge in [-0.2, -0.15) is 0 Å². The maximum absolute atomic E-state index is 5.41. The third-order valence-electron chi connectivity index (χ3n) is 3.89. The zero-order valence-corrected chi connectivity index (χ0v) is 11.2. The molecule has 0 radical (unpaired) electrons. The van der Waals surface area contributed by atoms with Gasteiger partial charge in [0.05, 0.1) is 13.2 Å². The molecule has 0 bridgehead atoms. The Morgan fingerprint density at radius 3 is 2.82 bits per heavy atom. The molecule has 0 amide bonds. The molecular formula is C13H27N3O. The lowest BCUT2D eigenvalue weighted by molar-refractivity contribution is 0.0185. The first-order valence-electron chi connectivity index (χ1n) is 7.15. The summed E-state index contributed by atoms with van der Waals surface area (Å²) in [5, 5.41) is 3.39. The van der Waals surface area contributed by atoms with Gasteiger partial charge in [0.25, 0.3) is 0 Å². The number of ether oxygens (including phenoxy) is 1. The van der Waals surface area contributed by atoms with Gasteiger partial charge in [-0.3, -0.25) is 4.90 Å². The fourth-order valence-corrected chi connectivity index (χ4v) is 2.86. The van der Waals surface area contributed by atoms with E-state index in [9.17, 15) is 0 Å². The minimum absolute atomic E-state index is 0.790. The Morgan fingerprint density at radius 2 is 2.06 bits per heavy atom. The second kappa shape index (κ2) is 7.31. The van der Waals surface area contributed by atoms with Crippen molar-refractivity contribution in [3.05, 3.63) is 0 Å². The smallest absolute Gasteiger partial charge is 0.0594 e. The number of likely N-dealkylation sites (tertiary alicyclic amines) is 1. The van der Waals surface area contributed by atoms with Crippen molar-refractivity contribution in [2.24, 2.45) is 0 Å². The lowest BCUT2D eigenvalue weighted by Gasteiger charge is -2.32. The minimum atomic E-state index is 0.790. The Bertz CT molecular complexity index is 207. The van der Waals surface area contributed by atoms with Crippen LogP contribution in [0.15, 0.2) is 0 Å². The van der Waals surface area contributed by atoms with Gasteiger partial charge in [-0.25, -0.2) is 0 Å². The maximum atomic E-state index is 5.41. The highest BCUT2D eigenvalue weighted by molar-refractivity contribution is 4.84. The molecule has 2 heterocycles. The Kier molecular flexibility index (Phi) is 5.71. The highest BCUT2D eigenvalue weighted by atomic mass is 16.5. The predicted octanol–water partition coefficient (Wildman–Crippen LogP) is 0.393. The summed E-state index contributed by atoms with van der Waals surface area (Å²) in [6.45, 7) is 12.4. The molecule has 2 saturated heterocycles. The van der Waals surface area contributed by atoms with Crippen LogP contribution in [-0.4, -0.2) is 74.9 Å². The molecule has 1 N–H and O–H groups in total. The van der Waals surface area contributed by atoms with Gasteiger partial charge in [0.2, 0.25) is 0 Å². The first-order chi connectivity index (χ1) is 8.40. The number of rotatable bonds is 6. The van der Waals surface area contributed by atoms with Crippen LogP contribution in [0.3, 0.4) is 0 Å². The predicted molar refractivity (Wildman–Crippen MR) is 70.4 cm³/mol. The summed E-state index contributed by atoms with van der Waals surface area (Å²) in [5.41, 5.74) is 0. The summed E-state index contributed by atoms with van der Waals surface area (Å²) >= 11 is 0. The lowest BCUT2D eigenvalue weighted by Crippen LogP contribution is -2.44. The molecule has 0 saturated carbocycles. The molecule has 17 heavy (non-hydrogen) atoms. The molecule has 100 valence electrons. The van der Waals surface area contributed by atoms with Crippen LogP contribution in [0.4, 0.5) is 0 Å². The molecule has 0 spiro atoms. The Balaban J connectivity index is 1.61. The highest BCUT2D eigenvalue weighted by Crippen LogP contribution is 2.16. The first-order valence-corrected chi connectivity index (χ1v) is 7.15. The molecule has 0 aromatic rings. The van der Waals surface area contributed by atoms with Crippen LogP contribution in [0, 0.1) is 0 Å². The summed E-state index contributed by atoms with van der Waals surface area (Å²) in [6, 6.07) is 0.790. The fourth-order valence-electron chi connectivity index (χ4n) is 2.86. The quantitative estimate of drug-likeness (QED) is 0.681. The summed E-state index contributed by atoms with van der Waals surface area (Å²) in [6.07, 6.45) is 2.63. The van der Waals surface area contributed by atoms with Crippen molar-refractivity contribution in [2.45, 2.75) is 25.8 Å². The monoisotopic (exact) mass is 241 g/mol. The lowest BCUT2D eigenvalue weighted by atomic mass is 10.2. The van der Waals surface area contributed by atoms with Gasteiger partial charge in [-0.05, 0) is 39.0 Å². The number of hydrogen-bond donors (Lipinski definition) is 1. The van der Waals surface area contributed by atoms with E-state index in [0.29, 0.717) is 0 Å². The second-order valence-electron chi connectivity index (χ2n) is 5.10. The summed E-state index contributed by atoms with van der Waals surface area (Å²) in [7, 11) is 0. The Morgan fingerprint density at radius 1 is 1.24 bits per heavy atom. The van der Waals surface area contributed by atoms with Crippen molar-refractivity contribution < 1.29 is 4.74 Å². The molecule has 1 atom stereocenters. The van der Waals surface area contributed by atoms with Gasteiger partial charge in [0.15, 0.2) is 0 Å². The highest BCUT2D eigenvalue weighted by Gasteiger charge is 2.27. The van der Waals surface area contributed by atoms with E-state index in [4.69, 9.17) is 4.74 Å². The van der Waals surface area contributed by atoms with E-state index in [-0.39, 0.29) is 0 Å². The molecule has 1 unspecified atom stereocenters. The third-order valence-corrected chi connectivity index (χ3v) is 3.89. The average molecular weight is 241 g/mol. The van der Waals surface area contributed by atoms with E-state index in [1.165, 1.54) is 32.5 Å². The van der Waals surface area contributed by atoms with Gasteiger partial charge in [-0.1, -0.05) is 6.92 Å². The molecule has 2 rings (SSSR count). The van der Waals surface area contributed by atoms with Gasteiger partial charge in [0.1, 0.15) is 0 Å². The van der Waals surface area contributed by atoms with Gasteiger partial charge >= 0.3 is 0 Å². The molecule has 4 nitrogen and oxygen atoms in total. The van der Waals surface area contributed by atoms with E-state index in [1.807, 2.05) is 0 Å². The van der Waals surface area contributed by atoms with Crippen molar-refractivity contribution in [3.8, 4) is 0 Å². The maximum Gasteiger partial charge on any atom is 0.0594 e. The normalized spacial score (nSPS) is 27.7. The van der Waals surface area contributed by atoms with Crippen molar-refractivity contribution in [1.29, 1.82) is 0 Å². The van der Waals surface area contributed by atoms with Crippen LogP contribution in [0.2, 0.25) is 0 Å². The van der Waals surface area contributed by atoms with Crippen molar-refractivity contribution in [3.63, 3.8) is 0 Å². The van der Waals surface area contributed by atoms with Crippen LogP contribution < -0.4 is 5.32 Å². The molecular weight excluding hydrogens is 214 g/mol. The Hall–Kier alpha value is -0.160. The topological polar surface area (TPSA) is 27.7 Å². The largest absolute Gasteiger partial charge is 0.379 e. The molecule has 0 aromatic carbocycles. The summed E-state index contributed by atoms with van der Waals surface area (Å²) in [4.78, 5) is 5.24. The average Bonchev–Trinajstić information content (AvgIpc) is 2.85. The Labute approximate surface area is 105 Å². The molecule has 2 aliphatic rings. The van der Waals surface area contributed by atoms with E-state index in [0.717, 1.165) is 45.4 Å². The van der Waals surface area contributed by atoms with E-state index in [1.54, 1.807) is 0 Å². The van der Waals surface area contributed by atoms with E-state index < -0.39 is 0 Å². The second-order valence-corrected chi connectivity index (χ2v) is 5.10. The number of nitrogens with one attached hydrogen (secondary N) is 1. The van der Waals surface area contributed by atoms with Crippen molar-refractivity contribution in [2.75, 3.05) is 59.0 Å². The van der Waals surface area contributed by atoms with Crippen molar-refractivity contribution in [1.82, 2.24) is 15.1 Å². The van der Waals surface area contributed by atoms with Gasteiger partial charge in [0, 0.05) is 25.7 Å². The minimum Gasteiger partial charge on any atom is -0.379 e. The van der Waals surface area contributed by atoms with Crippen LogP contribution in [0.1, 0.15) is 19.8 Å². The number of nitrogens with zero attached hydrogens (tertiary/aromatic N) is 2. The van der Waals surface area contributed by atoms with Crippen LogP contribution >= 0.6 is 0 Å². The molecule has 2 aliphatic heterocycles. The number of morpholine rings is 1. The summed E-state index contributed by atoms with van der Waals surface area (Å²) < 4.78 is 5.41. The molecule has 0 aromatic heterocycles. The summed E-state index contributed by atoms with van der Waals surface area (Å²) in [5.74, 6) is 0. The van der Waals surface area contributed by atoms with Crippen LogP contribution in [0.25, 0.3) is 0 Å². The fraction of sp³-hybridized carbons (Fsp3) is 1.00. The van der Waals surface area contributed by atoms with E-state index in [2.05, 4.69) is 22.0 Å². The number of hydrogen-bond acceptors (Lipinski definition) is 4. The van der Waals surface area contributed by atoms with Crippen LogP contribution in [-0.2, 0) is 4.74 Å². The van der Waals surface area contributed by atoms with E-state index >= 15 is 0 Å². The van der Waals surface area contributed by atoms with Crippen LogP contribution in [0.5, 0.6) is 0 Å². The van der Waals surface area contributed by atoms with Crippen molar-refractivity contribution >= 4 is 0 Å².